The summed E-state index contributed by atoms with van der Waals surface area (Å²) in [5.41, 5.74) is 1.14. The van der Waals surface area contributed by atoms with Crippen LogP contribution in [0.3, 0.4) is 0 Å². The molecule has 3 nitrogen and oxygen atoms in total. The lowest BCUT2D eigenvalue weighted by atomic mass is 9.85. The second-order valence-corrected chi connectivity index (χ2v) is 6.50. The maximum Gasteiger partial charge on any atom is 0.0639 e. The molecule has 110 valence electrons. The zero-order chi connectivity index (χ0) is 14.8. The third-order valence-electron chi connectivity index (χ3n) is 2.34. The molecule has 0 saturated carbocycles. The van der Waals surface area contributed by atoms with E-state index in [0.29, 0.717) is 5.92 Å². The molecular formula is C15H32O3. The molecule has 3 N–H and O–H groups in total. The van der Waals surface area contributed by atoms with Crippen LogP contribution in [0.25, 0.3) is 0 Å². The SMILES string of the molecule is C=C(CO)CC(C)C.CC(C)(C)CC(CO)CO. The van der Waals surface area contributed by atoms with Gasteiger partial charge in [-0.2, -0.15) is 0 Å². The van der Waals surface area contributed by atoms with E-state index in [0.717, 1.165) is 18.4 Å². The highest BCUT2D eigenvalue weighted by Gasteiger charge is 2.16. The monoisotopic (exact) mass is 260 g/mol. The topological polar surface area (TPSA) is 60.7 Å². The van der Waals surface area contributed by atoms with Crippen molar-refractivity contribution in [1.82, 2.24) is 0 Å². The zero-order valence-corrected chi connectivity index (χ0v) is 12.7. The normalized spacial score (nSPS) is 11.4. The maximum atomic E-state index is 8.73. The van der Waals surface area contributed by atoms with E-state index in [-0.39, 0.29) is 31.2 Å². The zero-order valence-electron chi connectivity index (χ0n) is 12.7. The first-order valence-corrected chi connectivity index (χ1v) is 6.65. The molecule has 0 rings (SSSR count). The Bertz CT molecular complexity index is 200. The van der Waals surface area contributed by atoms with Gasteiger partial charge in [0.05, 0.1) is 6.61 Å². The third kappa shape index (κ3) is 15.6. The van der Waals surface area contributed by atoms with Crippen LogP contribution in [0.4, 0.5) is 0 Å². The van der Waals surface area contributed by atoms with E-state index in [1.807, 2.05) is 0 Å². The first kappa shape index (κ1) is 19.9. The van der Waals surface area contributed by atoms with Crippen molar-refractivity contribution in [2.45, 2.75) is 47.5 Å². The Hall–Kier alpha value is -0.380. The Morgan fingerprint density at radius 1 is 1.06 bits per heavy atom. The number of hydrogen-bond donors (Lipinski definition) is 3. The Kier molecular flexibility index (Phi) is 11.7. The van der Waals surface area contributed by atoms with Crippen molar-refractivity contribution in [2.75, 3.05) is 19.8 Å². The summed E-state index contributed by atoms with van der Waals surface area (Å²) in [5.74, 6) is 0.676. The molecule has 3 heteroatoms. The van der Waals surface area contributed by atoms with E-state index in [1.165, 1.54) is 0 Å². The smallest absolute Gasteiger partial charge is 0.0639 e. The first-order chi connectivity index (χ1) is 8.16. The van der Waals surface area contributed by atoms with Crippen LogP contribution in [-0.2, 0) is 0 Å². The average Bonchev–Trinajstić information content (AvgIpc) is 2.24. The second-order valence-electron chi connectivity index (χ2n) is 6.50. The van der Waals surface area contributed by atoms with Crippen LogP contribution in [0.5, 0.6) is 0 Å². The van der Waals surface area contributed by atoms with Gasteiger partial charge in [0, 0.05) is 19.1 Å². The van der Waals surface area contributed by atoms with Crippen LogP contribution in [0.15, 0.2) is 12.2 Å². The fourth-order valence-electron chi connectivity index (χ4n) is 1.69. The highest BCUT2D eigenvalue weighted by Crippen LogP contribution is 2.23. The molecule has 18 heavy (non-hydrogen) atoms. The van der Waals surface area contributed by atoms with Crippen molar-refractivity contribution in [1.29, 1.82) is 0 Å². The van der Waals surface area contributed by atoms with Gasteiger partial charge >= 0.3 is 0 Å². The molecule has 0 amide bonds. The summed E-state index contributed by atoms with van der Waals surface area (Å²) in [4.78, 5) is 0. The minimum Gasteiger partial charge on any atom is -0.396 e. The van der Waals surface area contributed by atoms with E-state index >= 15 is 0 Å². The molecular weight excluding hydrogens is 228 g/mol. The minimum atomic E-state index is 0.0556. The van der Waals surface area contributed by atoms with Gasteiger partial charge < -0.3 is 15.3 Å². The van der Waals surface area contributed by atoms with E-state index in [1.54, 1.807) is 0 Å². The van der Waals surface area contributed by atoms with Gasteiger partial charge in [-0.3, -0.25) is 0 Å². The second kappa shape index (κ2) is 10.5. The van der Waals surface area contributed by atoms with E-state index in [2.05, 4.69) is 41.2 Å². The summed E-state index contributed by atoms with van der Waals surface area (Å²) in [6, 6.07) is 0. The lowest BCUT2D eigenvalue weighted by molar-refractivity contribution is 0.115. The third-order valence-corrected chi connectivity index (χ3v) is 2.34. The average molecular weight is 260 g/mol. The molecule has 0 aliphatic rings. The summed E-state index contributed by atoms with van der Waals surface area (Å²) >= 11 is 0. The minimum absolute atomic E-state index is 0.0556. The van der Waals surface area contributed by atoms with E-state index in [9.17, 15) is 0 Å². The molecule has 0 spiro atoms. The standard InChI is InChI=1S/C8H18O2.C7H14O/c1-8(2,3)4-7(5-9)6-10;1-6(2)4-7(3)5-8/h7,9-10H,4-6H2,1-3H3;6,8H,3-5H2,1-2H3. The molecule has 0 radical (unpaired) electrons. The van der Waals surface area contributed by atoms with E-state index < -0.39 is 0 Å². The van der Waals surface area contributed by atoms with Gasteiger partial charge in [-0.05, 0) is 24.2 Å². The van der Waals surface area contributed by atoms with Crippen molar-refractivity contribution in [3.05, 3.63) is 12.2 Å². The summed E-state index contributed by atoms with van der Waals surface area (Å²) in [7, 11) is 0. The highest BCUT2D eigenvalue weighted by atomic mass is 16.3. The highest BCUT2D eigenvalue weighted by molar-refractivity contribution is 4.93. The van der Waals surface area contributed by atoms with Gasteiger partial charge in [-0.15, -0.1) is 0 Å². The molecule has 0 aliphatic heterocycles. The van der Waals surface area contributed by atoms with Gasteiger partial charge in [0.2, 0.25) is 0 Å². The van der Waals surface area contributed by atoms with Crippen molar-refractivity contribution >= 4 is 0 Å². The summed E-state index contributed by atoms with van der Waals surface area (Å²) in [6.45, 7) is 14.5. The van der Waals surface area contributed by atoms with Gasteiger partial charge in [-0.25, -0.2) is 0 Å². The molecule has 0 bridgehead atoms. The van der Waals surface area contributed by atoms with Crippen LogP contribution in [0.2, 0.25) is 0 Å². The van der Waals surface area contributed by atoms with Crippen molar-refractivity contribution in [3.63, 3.8) is 0 Å². The first-order valence-electron chi connectivity index (χ1n) is 6.65. The number of aliphatic hydroxyl groups is 3. The van der Waals surface area contributed by atoms with Gasteiger partial charge in [0.15, 0.2) is 0 Å². The molecule has 0 aliphatic carbocycles. The Labute approximate surface area is 113 Å². The van der Waals surface area contributed by atoms with Gasteiger partial charge in [0.1, 0.15) is 0 Å². The quantitative estimate of drug-likeness (QED) is 0.643. The predicted molar refractivity (Wildman–Crippen MR) is 77.4 cm³/mol. The number of rotatable bonds is 6. The molecule has 0 aromatic rings. The number of hydrogen-bond acceptors (Lipinski definition) is 3. The fourth-order valence-corrected chi connectivity index (χ4v) is 1.69. The van der Waals surface area contributed by atoms with Crippen LogP contribution in [0.1, 0.15) is 47.5 Å². The van der Waals surface area contributed by atoms with Crippen LogP contribution < -0.4 is 0 Å². The number of aliphatic hydroxyl groups excluding tert-OH is 3. The largest absolute Gasteiger partial charge is 0.396 e. The predicted octanol–water partition coefficient (Wildman–Crippen LogP) is 2.60. The van der Waals surface area contributed by atoms with Crippen molar-refractivity contribution < 1.29 is 15.3 Å². The van der Waals surface area contributed by atoms with Crippen LogP contribution >= 0.6 is 0 Å². The summed E-state index contributed by atoms with van der Waals surface area (Å²) in [6.07, 6.45) is 1.82. The van der Waals surface area contributed by atoms with E-state index in [4.69, 9.17) is 15.3 Å². The van der Waals surface area contributed by atoms with Crippen LogP contribution in [0, 0.1) is 17.3 Å². The molecule has 0 aromatic heterocycles. The Morgan fingerprint density at radius 2 is 1.50 bits per heavy atom. The maximum absolute atomic E-state index is 8.73. The molecule has 0 fully saturated rings. The van der Waals surface area contributed by atoms with Crippen LogP contribution in [-0.4, -0.2) is 35.1 Å². The molecule has 0 heterocycles. The molecule has 0 saturated heterocycles. The lowest BCUT2D eigenvalue weighted by Crippen LogP contribution is -2.19. The van der Waals surface area contributed by atoms with Gasteiger partial charge in [0.25, 0.3) is 0 Å². The molecule has 0 unspecified atom stereocenters. The van der Waals surface area contributed by atoms with Crippen molar-refractivity contribution in [2.24, 2.45) is 17.3 Å². The Balaban J connectivity index is 0. The summed E-state index contributed by atoms with van der Waals surface area (Å²) < 4.78 is 0. The fraction of sp³-hybridized carbons (Fsp3) is 0.867. The Morgan fingerprint density at radius 3 is 1.61 bits per heavy atom. The van der Waals surface area contributed by atoms with Gasteiger partial charge in [-0.1, -0.05) is 46.8 Å². The van der Waals surface area contributed by atoms with Crippen molar-refractivity contribution in [3.8, 4) is 0 Å². The summed E-state index contributed by atoms with van der Waals surface area (Å²) in [5, 5.41) is 25.9. The lowest BCUT2D eigenvalue weighted by Gasteiger charge is -2.22. The molecule has 0 aromatic carbocycles. The molecule has 0 atom stereocenters.